The molecule has 1 aromatic carbocycles. The highest BCUT2D eigenvalue weighted by molar-refractivity contribution is 5.44. The lowest BCUT2D eigenvalue weighted by atomic mass is 10.1. The van der Waals surface area contributed by atoms with E-state index in [0.717, 1.165) is 30.4 Å². The third-order valence-electron chi connectivity index (χ3n) is 3.40. The fourth-order valence-corrected chi connectivity index (χ4v) is 2.21. The Balaban J connectivity index is 1.68. The number of fused-ring (bicyclic) bond motifs is 1. The van der Waals surface area contributed by atoms with Crippen LogP contribution in [0, 0.1) is 0 Å². The summed E-state index contributed by atoms with van der Waals surface area (Å²) >= 11 is 0. The summed E-state index contributed by atoms with van der Waals surface area (Å²) in [6, 6.07) is 6.34. The number of nitrogens with zero attached hydrogens (tertiary/aromatic N) is 1. The van der Waals surface area contributed by atoms with Crippen molar-refractivity contribution < 1.29 is 9.47 Å². The van der Waals surface area contributed by atoms with Gasteiger partial charge < -0.3 is 19.8 Å². The van der Waals surface area contributed by atoms with Gasteiger partial charge in [-0.25, -0.2) is 4.98 Å². The molecule has 0 saturated heterocycles. The van der Waals surface area contributed by atoms with Gasteiger partial charge in [0.1, 0.15) is 5.82 Å². The standard InChI is InChI=1S/C15H19N3O2/c1-11(18-10-15-16-5-6-17-15)12-3-4-13-14(9-12)20-8-2-7-19-13/h3-6,9,11,18H,2,7-8,10H2,1H3,(H,16,17). The maximum atomic E-state index is 5.72. The van der Waals surface area contributed by atoms with E-state index in [1.165, 1.54) is 5.56 Å². The molecule has 1 aliphatic rings. The van der Waals surface area contributed by atoms with Crippen molar-refractivity contribution in [2.24, 2.45) is 0 Å². The molecule has 1 unspecified atom stereocenters. The normalized spacial score (nSPS) is 15.7. The molecule has 0 saturated carbocycles. The number of hydrogen-bond donors (Lipinski definition) is 2. The van der Waals surface area contributed by atoms with E-state index in [1.54, 1.807) is 6.20 Å². The van der Waals surface area contributed by atoms with Crippen LogP contribution in [0.3, 0.4) is 0 Å². The summed E-state index contributed by atoms with van der Waals surface area (Å²) in [6.07, 6.45) is 4.51. The van der Waals surface area contributed by atoms with E-state index in [0.29, 0.717) is 13.2 Å². The Kier molecular flexibility index (Phi) is 3.87. The molecule has 106 valence electrons. The molecule has 5 nitrogen and oxygen atoms in total. The minimum Gasteiger partial charge on any atom is -0.490 e. The van der Waals surface area contributed by atoms with E-state index in [1.807, 2.05) is 12.3 Å². The molecule has 20 heavy (non-hydrogen) atoms. The zero-order chi connectivity index (χ0) is 13.8. The first-order valence-electron chi connectivity index (χ1n) is 6.94. The maximum absolute atomic E-state index is 5.72. The molecule has 3 rings (SSSR count). The van der Waals surface area contributed by atoms with Gasteiger partial charge in [-0.2, -0.15) is 0 Å². The number of aromatic nitrogens is 2. The molecule has 1 atom stereocenters. The van der Waals surface area contributed by atoms with Gasteiger partial charge in [-0.3, -0.25) is 0 Å². The summed E-state index contributed by atoms with van der Waals surface area (Å²) in [4.78, 5) is 7.29. The molecule has 0 spiro atoms. The van der Waals surface area contributed by atoms with Crippen molar-refractivity contribution in [2.75, 3.05) is 13.2 Å². The first-order chi connectivity index (χ1) is 9.83. The van der Waals surface area contributed by atoms with E-state index in [-0.39, 0.29) is 6.04 Å². The highest BCUT2D eigenvalue weighted by atomic mass is 16.5. The van der Waals surface area contributed by atoms with Gasteiger partial charge in [0, 0.05) is 24.9 Å². The van der Waals surface area contributed by atoms with Gasteiger partial charge >= 0.3 is 0 Å². The number of hydrogen-bond acceptors (Lipinski definition) is 4. The first-order valence-corrected chi connectivity index (χ1v) is 6.94. The molecule has 1 aliphatic heterocycles. The van der Waals surface area contributed by atoms with Gasteiger partial charge in [0.2, 0.25) is 0 Å². The molecule has 0 bridgehead atoms. The van der Waals surface area contributed by atoms with Crippen LogP contribution in [0.4, 0.5) is 0 Å². The smallest absolute Gasteiger partial charge is 0.161 e. The zero-order valence-corrected chi connectivity index (χ0v) is 11.6. The van der Waals surface area contributed by atoms with Crippen molar-refractivity contribution in [1.29, 1.82) is 0 Å². The Morgan fingerprint density at radius 2 is 2.15 bits per heavy atom. The quantitative estimate of drug-likeness (QED) is 0.898. The number of rotatable bonds is 4. The van der Waals surface area contributed by atoms with E-state index in [2.05, 4.69) is 34.3 Å². The van der Waals surface area contributed by atoms with Crippen LogP contribution in [0.15, 0.2) is 30.6 Å². The van der Waals surface area contributed by atoms with Crippen LogP contribution >= 0.6 is 0 Å². The number of aromatic amines is 1. The van der Waals surface area contributed by atoms with Gasteiger partial charge in [0.25, 0.3) is 0 Å². The second-order valence-corrected chi connectivity index (χ2v) is 4.90. The minimum absolute atomic E-state index is 0.220. The largest absolute Gasteiger partial charge is 0.490 e. The number of benzene rings is 1. The van der Waals surface area contributed by atoms with Gasteiger partial charge in [0.15, 0.2) is 11.5 Å². The molecule has 0 aliphatic carbocycles. The monoisotopic (exact) mass is 273 g/mol. The summed E-state index contributed by atoms with van der Waals surface area (Å²) in [5, 5.41) is 3.43. The predicted octanol–water partition coefficient (Wildman–Crippen LogP) is 2.42. The van der Waals surface area contributed by atoms with Crippen molar-refractivity contribution in [3.63, 3.8) is 0 Å². The highest BCUT2D eigenvalue weighted by Crippen LogP contribution is 2.32. The zero-order valence-electron chi connectivity index (χ0n) is 11.6. The molecule has 0 radical (unpaired) electrons. The fraction of sp³-hybridized carbons (Fsp3) is 0.400. The van der Waals surface area contributed by atoms with Crippen molar-refractivity contribution in [3.05, 3.63) is 42.0 Å². The van der Waals surface area contributed by atoms with Crippen molar-refractivity contribution in [2.45, 2.75) is 25.9 Å². The molecule has 0 amide bonds. The van der Waals surface area contributed by atoms with Gasteiger partial charge in [-0.15, -0.1) is 0 Å². The lowest BCUT2D eigenvalue weighted by Gasteiger charge is -2.15. The lowest BCUT2D eigenvalue weighted by molar-refractivity contribution is 0.297. The van der Waals surface area contributed by atoms with Gasteiger partial charge in [-0.1, -0.05) is 6.07 Å². The van der Waals surface area contributed by atoms with E-state index in [4.69, 9.17) is 9.47 Å². The SMILES string of the molecule is CC(NCc1ncc[nH]1)c1ccc2c(c1)OCCCO2. The highest BCUT2D eigenvalue weighted by Gasteiger charge is 2.13. The van der Waals surface area contributed by atoms with Crippen molar-refractivity contribution in [1.82, 2.24) is 15.3 Å². The van der Waals surface area contributed by atoms with Crippen LogP contribution in [-0.4, -0.2) is 23.2 Å². The maximum Gasteiger partial charge on any atom is 0.161 e. The lowest BCUT2D eigenvalue weighted by Crippen LogP contribution is -2.18. The third-order valence-corrected chi connectivity index (χ3v) is 3.40. The first kappa shape index (κ1) is 13.0. The average molecular weight is 273 g/mol. The molecular formula is C15H19N3O2. The Morgan fingerprint density at radius 1 is 1.30 bits per heavy atom. The summed E-state index contributed by atoms with van der Waals surface area (Å²) in [7, 11) is 0. The molecule has 2 heterocycles. The Morgan fingerprint density at radius 3 is 2.95 bits per heavy atom. The van der Waals surface area contributed by atoms with E-state index < -0.39 is 0 Å². The van der Waals surface area contributed by atoms with Crippen LogP contribution < -0.4 is 14.8 Å². The topological polar surface area (TPSA) is 59.2 Å². The van der Waals surface area contributed by atoms with E-state index in [9.17, 15) is 0 Å². The molecule has 2 aromatic rings. The minimum atomic E-state index is 0.220. The van der Waals surface area contributed by atoms with Crippen LogP contribution in [0.2, 0.25) is 0 Å². The number of imidazole rings is 1. The number of nitrogens with one attached hydrogen (secondary N) is 2. The molecule has 1 aromatic heterocycles. The Bertz CT molecular complexity index is 554. The number of ether oxygens (including phenoxy) is 2. The summed E-state index contributed by atoms with van der Waals surface area (Å²) in [6.45, 7) is 4.27. The second-order valence-electron chi connectivity index (χ2n) is 4.90. The Labute approximate surface area is 118 Å². The third kappa shape index (κ3) is 2.93. The second kappa shape index (κ2) is 5.96. The predicted molar refractivity (Wildman–Crippen MR) is 75.9 cm³/mol. The summed E-state index contributed by atoms with van der Waals surface area (Å²) in [5.41, 5.74) is 1.18. The van der Waals surface area contributed by atoms with Gasteiger partial charge in [-0.05, 0) is 24.6 Å². The molecular weight excluding hydrogens is 254 g/mol. The average Bonchev–Trinajstić information content (AvgIpc) is 2.88. The summed E-state index contributed by atoms with van der Waals surface area (Å²) in [5.74, 6) is 2.61. The van der Waals surface area contributed by atoms with Crippen LogP contribution in [-0.2, 0) is 6.54 Å². The molecule has 2 N–H and O–H groups in total. The molecule has 0 fully saturated rings. The van der Waals surface area contributed by atoms with Crippen LogP contribution in [0.25, 0.3) is 0 Å². The van der Waals surface area contributed by atoms with Crippen molar-refractivity contribution in [3.8, 4) is 11.5 Å². The van der Waals surface area contributed by atoms with Crippen LogP contribution in [0.1, 0.15) is 30.8 Å². The Hall–Kier alpha value is -2.01. The summed E-state index contributed by atoms with van der Waals surface area (Å²) < 4.78 is 11.4. The van der Waals surface area contributed by atoms with Crippen molar-refractivity contribution >= 4 is 0 Å². The number of H-pyrrole nitrogens is 1. The molecule has 5 heteroatoms. The van der Waals surface area contributed by atoms with E-state index >= 15 is 0 Å². The van der Waals surface area contributed by atoms with Gasteiger partial charge in [0.05, 0.1) is 19.8 Å². The fourth-order valence-electron chi connectivity index (χ4n) is 2.21. The van der Waals surface area contributed by atoms with Crippen LogP contribution in [0.5, 0.6) is 11.5 Å².